The van der Waals surface area contributed by atoms with Crippen molar-refractivity contribution in [3.63, 3.8) is 0 Å². The zero-order valence-corrected chi connectivity index (χ0v) is 10.9. The molecule has 0 aromatic heterocycles. The van der Waals surface area contributed by atoms with Crippen LogP contribution in [-0.4, -0.2) is 12.6 Å². The Morgan fingerprint density at radius 3 is 2.89 bits per heavy atom. The summed E-state index contributed by atoms with van der Waals surface area (Å²) in [4.78, 5) is 11.3. The number of allylic oxidation sites excluding steroid dienone is 1. The Morgan fingerprint density at radius 2 is 2.22 bits per heavy atom. The lowest BCUT2D eigenvalue weighted by Gasteiger charge is -2.10. The molecule has 4 heteroatoms. The van der Waals surface area contributed by atoms with Gasteiger partial charge in [-0.15, -0.1) is 0 Å². The molecule has 1 unspecified atom stereocenters. The average molecular weight is 267 g/mol. The highest BCUT2D eigenvalue weighted by Gasteiger charge is 2.23. The van der Waals surface area contributed by atoms with Gasteiger partial charge in [-0.1, -0.05) is 23.7 Å². The van der Waals surface area contributed by atoms with E-state index in [2.05, 4.69) is 0 Å². The SMILES string of the molecule is CCOC(=O)/C=C1\CCC(c2ccc(Cl)cc2)O1. The molecule has 1 heterocycles. The summed E-state index contributed by atoms with van der Waals surface area (Å²) in [5.74, 6) is 0.345. The fraction of sp³-hybridized carbons (Fsp3) is 0.357. The van der Waals surface area contributed by atoms with Crippen molar-refractivity contribution in [1.29, 1.82) is 0 Å². The van der Waals surface area contributed by atoms with Crippen molar-refractivity contribution in [1.82, 2.24) is 0 Å². The van der Waals surface area contributed by atoms with Gasteiger partial charge in [0.15, 0.2) is 0 Å². The summed E-state index contributed by atoms with van der Waals surface area (Å²) in [5, 5.41) is 0.707. The number of hydrogen-bond acceptors (Lipinski definition) is 3. The molecule has 1 fully saturated rings. The number of esters is 1. The zero-order chi connectivity index (χ0) is 13.0. The molecule has 2 rings (SSSR count). The van der Waals surface area contributed by atoms with Gasteiger partial charge in [-0.25, -0.2) is 4.79 Å². The van der Waals surface area contributed by atoms with E-state index in [1.165, 1.54) is 6.08 Å². The molecule has 1 aromatic carbocycles. The van der Waals surface area contributed by atoms with Crippen LogP contribution in [0.5, 0.6) is 0 Å². The molecule has 1 atom stereocenters. The molecule has 0 amide bonds. The Balaban J connectivity index is 2.00. The third kappa shape index (κ3) is 3.26. The first-order valence-corrected chi connectivity index (χ1v) is 6.36. The second-order valence-electron chi connectivity index (χ2n) is 4.06. The van der Waals surface area contributed by atoms with Gasteiger partial charge in [-0.2, -0.15) is 0 Å². The lowest BCUT2D eigenvalue weighted by atomic mass is 10.1. The minimum Gasteiger partial charge on any atom is -0.490 e. The number of hydrogen-bond donors (Lipinski definition) is 0. The molecule has 0 spiro atoms. The lowest BCUT2D eigenvalue weighted by molar-refractivity contribution is -0.137. The number of ether oxygens (including phenoxy) is 2. The fourth-order valence-electron chi connectivity index (χ4n) is 1.91. The van der Waals surface area contributed by atoms with Crippen LogP contribution in [0.25, 0.3) is 0 Å². The highest BCUT2D eigenvalue weighted by atomic mass is 35.5. The molecular weight excluding hydrogens is 252 g/mol. The molecule has 0 bridgehead atoms. The van der Waals surface area contributed by atoms with Crippen LogP contribution >= 0.6 is 11.6 Å². The summed E-state index contributed by atoms with van der Waals surface area (Å²) in [7, 11) is 0. The van der Waals surface area contributed by atoms with Gasteiger partial charge in [0.1, 0.15) is 11.9 Å². The van der Waals surface area contributed by atoms with Crippen molar-refractivity contribution in [2.24, 2.45) is 0 Å². The third-order valence-electron chi connectivity index (χ3n) is 2.75. The third-order valence-corrected chi connectivity index (χ3v) is 3.01. The largest absolute Gasteiger partial charge is 0.490 e. The van der Waals surface area contributed by atoms with Gasteiger partial charge < -0.3 is 9.47 Å². The molecule has 1 saturated heterocycles. The van der Waals surface area contributed by atoms with Crippen molar-refractivity contribution in [2.45, 2.75) is 25.9 Å². The molecule has 96 valence electrons. The smallest absolute Gasteiger partial charge is 0.334 e. The Labute approximate surface area is 111 Å². The molecule has 1 aliphatic heterocycles. The summed E-state index contributed by atoms with van der Waals surface area (Å²) >= 11 is 5.84. The number of halogens is 1. The van der Waals surface area contributed by atoms with E-state index < -0.39 is 0 Å². The van der Waals surface area contributed by atoms with E-state index in [0.29, 0.717) is 17.4 Å². The van der Waals surface area contributed by atoms with Gasteiger partial charge in [0.25, 0.3) is 0 Å². The molecule has 0 saturated carbocycles. The van der Waals surface area contributed by atoms with E-state index >= 15 is 0 Å². The number of carbonyl (C=O) groups excluding carboxylic acids is 1. The summed E-state index contributed by atoms with van der Waals surface area (Å²) in [6.45, 7) is 2.16. The van der Waals surface area contributed by atoms with Crippen LogP contribution in [0.1, 0.15) is 31.4 Å². The zero-order valence-electron chi connectivity index (χ0n) is 10.2. The fourth-order valence-corrected chi connectivity index (χ4v) is 2.03. The summed E-state index contributed by atoms with van der Waals surface area (Å²) in [6.07, 6.45) is 3.06. The maximum absolute atomic E-state index is 11.3. The first-order valence-electron chi connectivity index (χ1n) is 5.98. The summed E-state index contributed by atoms with van der Waals surface area (Å²) in [6, 6.07) is 7.57. The number of benzene rings is 1. The molecule has 1 aliphatic rings. The predicted molar refractivity (Wildman–Crippen MR) is 69.2 cm³/mol. The Morgan fingerprint density at radius 1 is 1.50 bits per heavy atom. The molecule has 0 radical (unpaired) electrons. The minimum absolute atomic E-state index is 0.00273. The van der Waals surface area contributed by atoms with Crippen molar-refractivity contribution >= 4 is 17.6 Å². The molecule has 0 aliphatic carbocycles. The van der Waals surface area contributed by atoms with E-state index in [4.69, 9.17) is 21.1 Å². The normalized spacial score (nSPS) is 20.8. The Hall–Kier alpha value is -1.48. The Kier molecular flexibility index (Phi) is 4.26. The first-order chi connectivity index (χ1) is 8.69. The van der Waals surface area contributed by atoms with Crippen molar-refractivity contribution < 1.29 is 14.3 Å². The highest BCUT2D eigenvalue weighted by molar-refractivity contribution is 6.30. The number of rotatable bonds is 3. The second kappa shape index (κ2) is 5.91. The van der Waals surface area contributed by atoms with Crippen molar-refractivity contribution in [3.05, 3.63) is 46.7 Å². The van der Waals surface area contributed by atoms with Crippen LogP contribution in [0.15, 0.2) is 36.1 Å². The van der Waals surface area contributed by atoms with E-state index in [1.807, 2.05) is 24.3 Å². The van der Waals surface area contributed by atoms with Gasteiger partial charge in [-0.3, -0.25) is 0 Å². The van der Waals surface area contributed by atoms with E-state index in [1.54, 1.807) is 6.92 Å². The molecular formula is C14H15ClO3. The maximum Gasteiger partial charge on any atom is 0.334 e. The first kappa shape index (κ1) is 13.0. The van der Waals surface area contributed by atoms with Crippen LogP contribution in [0.3, 0.4) is 0 Å². The van der Waals surface area contributed by atoms with Gasteiger partial charge >= 0.3 is 5.97 Å². The van der Waals surface area contributed by atoms with Crippen molar-refractivity contribution in [3.8, 4) is 0 Å². The van der Waals surface area contributed by atoms with Crippen LogP contribution < -0.4 is 0 Å². The topological polar surface area (TPSA) is 35.5 Å². The quantitative estimate of drug-likeness (QED) is 0.619. The van der Waals surface area contributed by atoms with Crippen LogP contribution in [-0.2, 0) is 14.3 Å². The van der Waals surface area contributed by atoms with Crippen LogP contribution in [0.2, 0.25) is 5.02 Å². The minimum atomic E-state index is -0.343. The highest BCUT2D eigenvalue weighted by Crippen LogP contribution is 2.35. The lowest BCUT2D eigenvalue weighted by Crippen LogP contribution is -2.01. The van der Waals surface area contributed by atoms with E-state index in [0.717, 1.165) is 18.4 Å². The van der Waals surface area contributed by atoms with Crippen LogP contribution in [0, 0.1) is 0 Å². The predicted octanol–water partition coefficient (Wildman–Crippen LogP) is 3.64. The molecule has 0 N–H and O–H groups in total. The molecule has 1 aromatic rings. The summed E-state index contributed by atoms with van der Waals surface area (Å²) < 4.78 is 10.6. The van der Waals surface area contributed by atoms with Crippen LogP contribution in [0.4, 0.5) is 0 Å². The van der Waals surface area contributed by atoms with Gasteiger partial charge in [-0.05, 0) is 31.0 Å². The van der Waals surface area contributed by atoms with Gasteiger partial charge in [0, 0.05) is 11.4 Å². The van der Waals surface area contributed by atoms with Gasteiger partial charge in [0.05, 0.1) is 12.7 Å². The second-order valence-corrected chi connectivity index (χ2v) is 4.50. The number of carbonyl (C=O) groups is 1. The standard InChI is InChI=1S/C14H15ClO3/c1-2-17-14(16)9-12-7-8-13(18-12)10-3-5-11(15)6-4-10/h3-6,9,13H,2,7-8H2,1H3/b12-9+. The Bertz CT molecular complexity index is 451. The summed E-state index contributed by atoms with van der Waals surface area (Å²) in [5.41, 5.74) is 1.08. The van der Waals surface area contributed by atoms with E-state index in [-0.39, 0.29) is 12.1 Å². The van der Waals surface area contributed by atoms with E-state index in [9.17, 15) is 4.79 Å². The average Bonchev–Trinajstić information content (AvgIpc) is 2.78. The molecule has 3 nitrogen and oxygen atoms in total. The maximum atomic E-state index is 11.3. The molecule has 18 heavy (non-hydrogen) atoms. The van der Waals surface area contributed by atoms with Crippen molar-refractivity contribution in [2.75, 3.05) is 6.61 Å². The monoisotopic (exact) mass is 266 g/mol. The van der Waals surface area contributed by atoms with Gasteiger partial charge in [0.2, 0.25) is 0 Å².